The van der Waals surface area contributed by atoms with Gasteiger partial charge >= 0.3 is 0 Å². The Bertz CT molecular complexity index is 291. The van der Waals surface area contributed by atoms with Gasteiger partial charge in [0.2, 0.25) is 0 Å². The van der Waals surface area contributed by atoms with Gasteiger partial charge in [-0.25, -0.2) is 0 Å². The van der Waals surface area contributed by atoms with E-state index in [-0.39, 0.29) is 0 Å². The number of rotatable bonds is 5. The summed E-state index contributed by atoms with van der Waals surface area (Å²) in [6.07, 6.45) is 2.10. The molecule has 1 aromatic carbocycles. The maximum Gasteiger partial charge on any atom is 0.0591 e. The minimum Gasteiger partial charge on any atom is -0.380 e. The van der Waals surface area contributed by atoms with Gasteiger partial charge in [-0.2, -0.15) is 0 Å². The first-order valence-electron chi connectivity index (χ1n) is 5.42. The molecule has 2 N–H and O–H groups in total. The average Bonchev–Trinajstić information content (AvgIpc) is 2.67. The number of nitrogens with two attached hydrogens (primary N) is 1. The van der Waals surface area contributed by atoms with Crippen molar-refractivity contribution >= 4 is 11.8 Å². The minimum absolute atomic E-state index is 0.597. The lowest BCUT2D eigenvalue weighted by Crippen LogP contribution is -2.13. The standard InChI is InChI=1S/C12H17NOS/c13-6-3-7-14-9-11-8-10-4-1-2-5-12(10)15-11/h1-2,4-5,11H,3,6-9,13H2. The molecule has 0 fully saturated rings. The van der Waals surface area contributed by atoms with E-state index in [2.05, 4.69) is 24.3 Å². The van der Waals surface area contributed by atoms with Crippen LogP contribution in [0, 0.1) is 0 Å². The molecular weight excluding hydrogens is 206 g/mol. The molecule has 0 saturated heterocycles. The van der Waals surface area contributed by atoms with Crippen molar-refractivity contribution in [3.63, 3.8) is 0 Å². The maximum atomic E-state index is 5.59. The highest BCUT2D eigenvalue weighted by atomic mass is 32.2. The predicted molar refractivity (Wildman–Crippen MR) is 64.3 cm³/mol. The van der Waals surface area contributed by atoms with Crippen LogP contribution in [0.15, 0.2) is 29.2 Å². The van der Waals surface area contributed by atoms with E-state index < -0.39 is 0 Å². The van der Waals surface area contributed by atoms with E-state index in [1.165, 1.54) is 10.5 Å². The highest BCUT2D eigenvalue weighted by molar-refractivity contribution is 8.00. The Hall–Kier alpha value is -0.510. The average molecular weight is 223 g/mol. The van der Waals surface area contributed by atoms with Crippen LogP contribution in [0.3, 0.4) is 0 Å². The minimum atomic E-state index is 0.597. The van der Waals surface area contributed by atoms with E-state index in [0.29, 0.717) is 5.25 Å². The van der Waals surface area contributed by atoms with Crippen molar-refractivity contribution in [3.8, 4) is 0 Å². The third kappa shape index (κ3) is 2.97. The Morgan fingerprint density at radius 1 is 1.40 bits per heavy atom. The van der Waals surface area contributed by atoms with Gasteiger partial charge < -0.3 is 10.5 Å². The van der Waals surface area contributed by atoms with Crippen LogP contribution in [-0.4, -0.2) is 25.0 Å². The molecule has 15 heavy (non-hydrogen) atoms. The second-order valence-electron chi connectivity index (χ2n) is 3.77. The molecule has 2 rings (SSSR count). The van der Waals surface area contributed by atoms with Crippen LogP contribution in [0.25, 0.3) is 0 Å². The van der Waals surface area contributed by atoms with Crippen molar-refractivity contribution in [1.29, 1.82) is 0 Å². The molecule has 0 aliphatic carbocycles. The summed E-state index contributed by atoms with van der Waals surface area (Å²) in [7, 11) is 0. The van der Waals surface area contributed by atoms with Crippen LogP contribution in [0.2, 0.25) is 0 Å². The molecule has 1 heterocycles. The van der Waals surface area contributed by atoms with Crippen LogP contribution < -0.4 is 5.73 Å². The fourth-order valence-electron chi connectivity index (χ4n) is 1.75. The SMILES string of the molecule is NCCCOCC1Cc2ccccc2S1. The highest BCUT2D eigenvalue weighted by Gasteiger charge is 2.21. The van der Waals surface area contributed by atoms with Crippen molar-refractivity contribution in [2.45, 2.75) is 23.0 Å². The molecule has 82 valence electrons. The third-order valence-corrected chi connectivity index (χ3v) is 3.80. The van der Waals surface area contributed by atoms with Crippen molar-refractivity contribution in [3.05, 3.63) is 29.8 Å². The monoisotopic (exact) mass is 223 g/mol. The number of hydrogen-bond donors (Lipinski definition) is 1. The van der Waals surface area contributed by atoms with Gasteiger partial charge in [0.1, 0.15) is 0 Å². The molecule has 0 radical (unpaired) electrons. The smallest absolute Gasteiger partial charge is 0.0591 e. The summed E-state index contributed by atoms with van der Waals surface area (Å²) in [5, 5.41) is 0.597. The summed E-state index contributed by atoms with van der Waals surface area (Å²) in [6, 6.07) is 8.61. The first-order chi connectivity index (χ1) is 7.40. The topological polar surface area (TPSA) is 35.2 Å². The van der Waals surface area contributed by atoms with E-state index in [0.717, 1.165) is 32.6 Å². The van der Waals surface area contributed by atoms with Gasteiger partial charge in [0.15, 0.2) is 0 Å². The summed E-state index contributed by atoms with van der Waals surface area (Å²) in [6.45, 7) is 2.36. The molecule has 0 saturated carbocycles. The van der Waals surface area contributed by atoms with Crippen LogP contribution in [0.4, 0.5) is 0 Å². The quantitative estimate of drug-likeness (QED) is 0.776. The first kappa shape index (κ1) is 11.0. The molecule has 1 aromatic rings. The molecule has 0 aromatic heterocycles. The van der Waals surface area contributed by atoms with Crippen molar-refractivity contribution in [1.82, 2.24) is 0 Å². The molecule has 1 unspecified atom stereocenters. The molecule has 0 amide bonds. The molecule has 0 bridgehead atoms. The van der Waals surface area contributed by atoms with Gasteiger partial charge in [-0.15, -0.1) is 11.8 Å². The summed E-state index contributed by atoms with van der Waals surface area (Å²) >= 11 is 1.94. The zero-order valence-corrected chi connectivity index (χ0v) is 9.63. The molecule has 0 spiro atoms. The van der Waals surface area contributed by atoms with Crippen molar-refractivity contribution in [2.24, 2.45) is 5.73 Å². The van der Waals surface area contributed by atoms with Crippen LogP contribution in [0.5, 0.6) is 0 Å². The largest absolute Gasteiger partial charge is 0.380 e. The lowest BCUT2D eigenvalue weighted by molar-refractivity contribution is 0.135. The molecule has 2 nitrogen and oxygen atoms in total. The van der Waals surface area contributed by atoms with E-state index in [9.17, 15) is 0 Å². The van der Waals surface area contributed by atoms with Crippen LogP contribution >= 0.6 is 11.8 Å². The predicted octanol–water partition coefficient (Wildman–Crippen LogP) is 2.07. The van der Waals surface area contributed by atoms with E-state index >= 15 is 0 Å². The summed E-state index contributed by atoms with van der Waals surface area (Å²) in [4.78, 5) is 1.42. The van der Waals surface area contributed by atoms with E-state index in [1.807, 2.05) is 11.8 Å². The lowest BCUT2D eigenvalue weighted by atomic mass is 10.1. The van der Waals surface area contributed by atoms with Gasteiger partial charge in [-0.05, 0) is 31.0 Å². The van der Waals surface area contributed by atoms with Gasteiger partial charge in [0.25, 0.3) is 0 Å². The fourth-order valence-corrected chi connectivity index (χ4v) is 2.99. The Labute approximate surface area is 95.2 Å². The third-order valence-electron chi connectivity index (χ3n) is 2.51. The molecule has 1 aliphatic heterocycles. The number of hydrogen-bond acceptors (Lipinski definition) is 3. The Balaban J connectivity index is 1.76. The summed E-state index contributed by atoms with van der Waals surface area (Å²) in [5.41, 5.74) is 6.87. The summed E-state index contributed by atoms with van der Waals surface area (Å²) < 4.78 is 5.59. The lowest BCUT2D eigenvalue weighted by Gasteiger charge is -2.08. The Morgan fingerprint density at radius 3 is 3.07 bits per heavy atom. The number of ether oxygens (including phenoxy) is 1. The fraction of sp³-hybridized carbons (Fsp3) is 0.500. The zero-order valence-electron chi connectivity index (χ0n) is 8.82. The van der Waals surface area contributed by atoms with Crippen LogP contribution in [-0.2, 0) is 11.2 Å². The molecule has 1 atom stereocenters. The van der Waals surface area contributed by atoms with Gasteiger partial charge in [-0.1, -0.05) is 18.2 Å². The maximum absolute atomic E-state index is 5.59. The molecule has 3 heteroatoms. The van der Waals surface area contributed by atoms with Crippen LogP contribution in [0.1, 0.15) is 12.0 Å². The van der Waals surface area contributed by atoms with E-state index in [1.54, 1.807) is 0 Å². The van der Waals surface area contributed by atoms with Crippen molar-refractivity contribution in [2.75, 3.05) is 19.8 Å². The van der Waals surface area contributed by atoms with Gasteiger partial charge in [0, 0.05) is 16.8 Å². The molecule has 1 aliphatic rings. The Kier molecular flexibility index (Phi) is 4.06. The highest BCUT2D eigenvalue weighted by Crippen LogP contribution is 2.36. The molecular formula is C12H17NOS. The van der Waals surface area contributed by atoms with Gasteiger partial charge in [-0.3, -0.25) is 0 Å². The normalized spacial score (nSPS) is 19.1. The first-order valence-corrected chi connectivity index (χ1v) is 6.30. The second-order valence-corrected chi connectivity index (χ2v) is 5.11. The van der Waals surface area contributed by atoms with Crippen molar-refractivity contribution < 1.29 is 4.74 Å². The van der Waals surface area contributed by atoms with Gasteiger partial charge in [0.05, 0.1) is 6.61 Å². The number of thioether (sulfide) groups is 1. The Morgan fingerprint density at radius 2 is 2.27 bits per heavy atom. The zero-order chi connectivity index (χ0) is 10.5. The number of fused-ring (bicyclic) bond motifs is 1. The van der Waals surface area contributed by atoms with E-state index in [4.69, 9.17) is 10.5 Å². The second kappa shape index (κ2) is 5.54. The number of benzene rings is 1. The summed E-state index contributed by atoms with van der Waals surface area (Å²) in [5.74, 6) is 0.